The summed E-state index contributed by atoms with van der Waals surface area (Å²) in [5.41, 5.74) is 2.17. The summed E-state index contributed by atoms with van der Waals surface area (Å²) in [6, 6.07) is 24.5. The molecule has 0 radical (unpaired) electrons. The lowest BCUT2D eigenvalue weighted by Gasteiger charge is -2.16. The standard InChI is InChI=1S/C25H26N2O3S/c1-18(2)16-29-22-14-8-6-12-20(22)24(28)27-25(31)26-21-13-7-9-15-23(21)30-17-19-10-4-3-5-11-19/h3-15,18H,16-17H2,1-2H3,(H2,26,27,28,31). The van der Waals surface area contributed by atoms with Crippen LogP contribution in [-0.2, 0) is 6.61 Å². The molecule has 0 aliphatic carbocycles. The molecule has 0 fully saturated rings. The van der Waals surface area contributed by atoms with Gasteiger partial charge in [0, 0.05) is 0 Å². The number of ether oxygens (including phenoxy) is 2. The van der Waals surface area contributed by atoms with E-state index in [4.69, 9.17) is 21.7 Å². The minimum Gasteiger partial charge on any atom is -0.492 e. The lowest BCUT2D eigenvalue weighted by molar-refractivity contribution is 0.0973. The van der Waals surface area contributed by atoms with Gasteiger partial charge in [0.25, 0.3) is 5.91 Å². The first-order valence-corrected chi connectivity index (χ1v) is 10.5. The Labute approximate surface area is 188 Å². The molecule has 0 bridgehead atoms. The van der Waals surface area contributed by atoms with E-state index in [0.29, 0.717) is 41.9 Å². The molecule has 6 heteroatoms. The van der Waals surface area contributed by atoms with Crippen molar-refractivity contribution in [3.63, 3.8) is 0 Å². The van der Waals surface area contributed by atoms with E-state index in [0.717, 1.165) is 5.56 Å². The lowest BCUT2D eigenvalue weighted by Crippen LogP contribution is -2.34. The largest absolute Gasteiger partial charge is 0.492 e. The number of hydrogen-bond donors (Lipinski definition) is 2. The van der Waals surface area contributed by atoms with Crippen molar-refractivity contribution >= 4 is 28.9 Å². The van der Waals surface area contributed by atoms with Gasteiger partial charge in [-0.25, -0.2) is 0 Å². The quantitative estimate of drug-likeness (QED) is 0.463. The third kappa shape index (κ3) is 6.83. The number of rotatable bonds is 8. The van der Waals surface area contributed by atoms with Gasteiger partial charge in [-0.3, -0.25) is 10.1 Å². The zero-order valence-corrected chi connectivity index (χ0v) is 18.4. The predicted molar refractivity (Wildman–Crippen MR) is 128 cm³/mol. The highest BCUT2D eigenvalue weighted by Crippen LogP contribution is 2.25. The number of para-hydroxylation sites is 3. The molecule has 0 aromatic heterocycles. The zero-order valence-electron chi connectivity index (χ0n) is 17.6. The fraction of sp³-hybridized carbons (Fsp3) is 0.200. The molecule has 0 saturated heterocycles. The van der Waals surface area contributed by atoms with E-state index < -0.39 is 0 Å². The van der Waals surface area contributed by atoms with E-state index >= 15 is 0 Å². The average Bonchev–Trinajstić information content (AvgIpc) is 2.78. The number of benzene rings is 3. The normalized spacial score (nSPS) is 10.4. The molecule has 0 atom stereocenters. The van der Waals surface area contributed by atoms with Crippen LogP contribution in [0.25, 0.3) is 0 Å². The molecule has 3 rings (SSSR count). The van der Waals surface area contributed by atoms with Crippen LogP contribution in [-0.4, -0.2) is 17.6 Å². The zero-order chi connectivity index (χ0) is 22.1. The summed E-state index contributed by atoms with van der Waals surface area (Å²) in [6.45, 7) is 5.07. The summed E-state index contributed by atoms with van der Waals surface area (Å²) in [4.78, 5) is 12.8. The van der Waals surface area contributed by atoms with Gasteiger partial charge in [-0.05, 0) is 48.0 Å². The van der Waals surface area contributed by atoms with Crippen molar-refractivity contribution in [3.8, 4) is 11.5 Å². The Kier molecular flexibility index (Phi) is 8.01. The molecule has 2 N–H and O–H groups in total. The van der Waals surface area contributed by atoms with Crippen LogP contribution in [0.5, 0.6) is 11.5 Å². The smallest absolute Gasteiger partial charge is 0.261 e. The second-order valence-corrected chi connectivity index (χ2v) is 7.79. The fourth-order valence-corrected chi connectivity index (χ4v) is 2.99. The molecule has 0 unspecified atom stereocenters. The van der Waals surface area contributed by atoms with Crippen LogP contribution >= 0.6 is 12.2 Å². The number of carbonyl (C=O) groups is 1. The summed E-state index contributed by atoms with van der Waals surface area (Å²) < 4.78 is 11.7. The Hall–Kier alpha value is -3.38. The Morgan fingerprint density at radius 2 is 1.52 bits per heavy atom. The third-order valence-electron chi connectivity index (χ3n) is 4.30. The SMILES string of the molecule is CC(C)COc1ccccc1C(=O)NC(=S)Nc1ccccc1OCc1ccccc1. The van der Waals surface area contributed by atoms with Crippen LogP contribution in [0.3, 0.4) is 0 Å². The van der Waals surface area contributed by atoms with Gasteiger partial charge < -0.3 is 14.8 Å². The molecule has 0 spiro atoms. The molecule has 0 aliphatic rings. The van der Waals surface area contributed by atoms with Crippen LogP contribution in [0.15, 0.2) is 78.9 Å². The topological polar surface area (TPSA) is 59.6 Å². The molecular formula is C25H26N2O3S. The maximum absolute atomic E-state index is 12.8. The highest BCUT2D eigenvalue weighted by molar-refractivity contribution is 7.80. The minimum atomic E-state index is -0.334. The summed E-state index contributed by atoms with van der Waals surface area (Å²) in [7, 11) is 0. The number of anilines is 1. The Balaban J connectivity index is 1.63. The molecule has 3 aromatic rings. The van der Waals surface area contributed by atoms with Crippen molar-refractivity contribution in [1.29, 1.82) is 0 Å². The summed E-state index contributed by atoms with van der Waals surface area (Å²) in [5, 5.41) is 5.95. The van der Waals surface area contributed by atoms with Crippen molar-refractivity contribution < 1.29 is 14.3 Å². The van der Waals surface area contributed by atoms with Crippen LogP contribution in [0.4, 0.5) is 5.69 Å². The van der Waals surface area contributed by atoms with Gasteiger partial charge in [-0.2, -0.15) is 0 Å². The first-order valence-electron chi connectivity index (χ1n) is 10.1. The maximum Gasteiger partial charge on any atom is 0.261 e. The van der Waals surface area contributed by atoms with E-state index in [1.807, 2.05) is 60.7 Å². The molecule has 160 valence electrons. The number of thiocarbonyl (C=S) groups is 1. The van der Waals surface area contributed by atoms with Crippen LogP contribution in [0.2, 0.25) is 0 Å². The molecule has 0 aliphatic heterocycles. The van der Waals surface area contributed by atoms with E-state index in [1.165, 1.54) is 0 Å². The van der Waals surface area contributed by atoms with Gasteiger partial charge in [0.2, 0.25) is 0 Å². The fourth-order valence-electron chi connectivity index (χ4n) is 2.79. The monoisotopic (exact) mass is 434 g/mol. The van der Waals surface area contributed by atoms with Crippen molar-refractivity contribution in [2.75, 3.05) is 11.9 Å². The van der Waals surface area contributed by atoms with E-state index in [-0.39, 0.29) is 11.0 Å². The summed E-state index contributed by atoms with van der Waals surface area (Å²) in [5.74, 6) is 1.19. The first kappa shape index (κ1) is 22.3. The average molecular weight is 435 g/mol. The van der Waals surface area contributed by atoms with E-state index in [2.05, 4.69) is 24.5 Å². The molecule has 5 nitrogen and oxygen atoms in total. The van der Waals surface area contributed by atoms with Gasteiger partial charge in [-0.1, -0.05) is 68.4 Å². The molecule has 0 saturated carbocycles. The molecule has 31 heavy (non-hydrogen) atoms. The van der Waals surface area contributed by atoms with Crippen molar-refractivity contribution in [3.05, 3.63) is 90.0 Å². The second-order valence-electron chi connectivity index (χ2n) is 7.38. The highest BCUT2D eigenvalue weighted by Gasteiger charge is 2.15. The van der Waals surface area contributed by atoms with E-state index in [9.17, 15) is 4.79 Å². The van der Waals surface area contributed by atoms with Crippen LogP contribution in [0.1, 0.15) is 29.8 Å². The number of carbonyl (C=O) groups excluding carboxylic acids is 1. The predicted octanol–water partition coefficient (Wildman–Crippen LogP) is 5.43. The van der Waals surface area contributed by atoms with Gasteiger partial charge >= 0.3 is 0 Å². The maximum atomic E-state index is 12.8. The summed E-state index contributed by atoms with van der Waals surface area (Å²) in [6.07, 6.45) is 0. The van der Waals surface area contributed by atoms with Gasteiger partial charge in [0.05, 0.1) is 17.9 Å². The van der Waals surface area contributed by atoms with Crippen molar-refractivity contribution in [2.24, 2.45) is 5.92 Å². The Morgan fingerprint density at radius 3 is 2.26 bits per heavy atom. The highest BCUT2D eigenvalue weighted by atomic mass is 32.1. The number of nitrogens with one attached hydrogen (secondary N) is 2. The van der Waals surface area contributed by atoms with Gasteiger partial charge in [-0.15, -0.1) is 0 Å². The Morgan fingerprint density at radius 1 is 0.871 bits per heavy atom. The molecule has 1 amide bonds. The van der Waals surface area contributed by atoms with Crippen LogP contribution < -0.4 is 20.1 Å². The molecular weight excluding hydrogens is 408 g/mol. The first-order chi connectivity index (χ1) is 15.0. The third-order valence-corrected chi connectivity index (χ3v) is 4.51. The summed E-state index contributed by atoms with van der Waals surface area (Å²) >= 11 is 5.36. The number of hydrogen-bond acceptors (Lipinski definition) is 4. The van der Waals surface area contributed by atoms with Gasteiger partial charge in [0.15, 0.2) is 5.11 Å². The van der Waals surface area contributed by atoms with Crippen molar-refractivity contribution in [2.45, 2.75) is 20.5 Å². The number of amides is 1. The molecule has 3 aromatic carbocycles. The minimum absolute atomic E-state index is 0.180. The van der Waals surface area contributed by atoms with Gasteiger partial charge in [0.1, 0.15) is 18.1 Å². The second kappa shape index (κ2) is 11.1. The van der Waals surface area contributed by atoms with E-state index in [1.54, 1.807) is 18.2 Å². The molecule has 0 heterocycles. The van der Waals surface area contributed by atoms with Crippen molar-refractivity contribution in [1.82, 2.24) is 5.32 Å². The van der Waals surface area contributed by atoms with Crippen LogP contribution in [0, 0.1) is 5.92 Å². The lowest BCUT2D eigenvalue weighted by atomic mass is 10.2. The Bertz CT molecular complexity index is 1020.